The van der Waals surface area contributed by atoms with Crippen molar-refractivity contribution in [3.8, 4) is 0 Å². The third kappa shape index (κ3) is 2.55. The number of ether oxygens (including phenoxy) is 1. The second-order valence-electron chi connectivity index (χ2n) is 5.13. The van der Waals surface area contributed by atoms with E-state index in [9.17, 15) is 0 Å². The highest BCUT2D eigenvalue weighted by atomic mass is 16.5. The molecule has 6 nitrogen and oxygen atoms in total. The lowest BCUT2D eigenvalue weighted by atomic mass is 10.3. The lowest BCUT2D eigenvalue weighted by molar-refractivity contribution is 0.134. The van der Waals surface area contributed by atoms with Crippen LogP contribution in [0.15, 0.2) is 0 Å². The van der Waals surface area contributed by atoms with Crippen molar-refractivity contribution in [3.05, 3.63) is 11.6 Å². The van der Waals surface area contributed by atoms with Gasteiger partial charge in [-0.2, -0.15) is 0 Å². The van der Waals surface area contributed by atoms with Crippen molar-refractivity contribution >= 4 is 0 Å². The molecule has 6 heteroatoms. The van der Waals surface area contributed by atoms with Gasteiger partial charge in [-0.25, -0.2) is 0 Å². The van der Waals surface area contributed by atoms with Gasteiger partial charge in [-0.1, -0.05) is 0 Å². The molecular formula is C12H21N5O. The molecule has 1 saturated heterocycles. The average Bonchev–Trinajstić information content (AvgIpc) is 2.62. The third-order valence-corrected chi connectivity index (χ3v) is 3.79. The molecule has 3 heterocycles. The van der Waals surface area contributed by atoms with Gasteiger partial charge in [-0.05, 0) is 7.05 Å². The maximum atomic E-state index is 5.49. The fraction of sp³-hybridized carbons (Fsp3) is 0.833. The Kier molecular flexibility index (Phi) is 3.58. The van der Waals surface area contributed by atoms with E-state index in [-0.39, 0.29) is 0 Å². The van der Waals surface area contributed by atoms with Crippen LogP contribution in [0.2, 0.25) is 0 Å². The highest BCUT2D eigenvalue weighted by molar-refractivity contribution is 4.98. The summed E-state index contributed by atoms with van der Waals surface area (Å²) in [5.74, 6) is 2.18. The van der Waals surface area contributed by atoms with Crippen molar-refractivity contribution in [1.29, 1.82) is 0 Å². The van der Waals surface area contributed by atoms with Crippen molar-refractivity contribution in [1.82, 2.24) is 24.6 Å². The monoisotopic (exact) mass is 251 g/mol. The Morgan fingerprint density at radius 2 is 1.89 bits per heavy atom. The number of piperazine rings is 1. The molecule has 0 aromatic carbocycles. The number of hydrogen-bond acceptors (Lipinski definition) is 5. The largest absolute Gasteiger partial charge is 0.379 e. The van der Waals surface area contributed by atoms with Gasteiger partial charge in [0.15, 0.2) is 0 Å². The summed E-state index contributed by atoms with van der Waals surface area (Å²) in [5.41, 5.74) is 0. The van der Waals surface area contributed by atoms with Gasteiger partial charge in [0.05, 0.1) is 19.8 Å². The van der Waals surface area contributed by atoms with Crippen molar-refractivity contribution in [2.24, 2.45) is 0 Å². The van der Waals surface area contributed by atoms with E-state index in [1.54, 1.807) is 0 Å². The molecule has 18 heavy (non-hydrogen) atoms. The Labute approximate surface area is 108 Å². The first kappa shape index (κ1) is 12.1. The second kappa shape index (κ2) is 5.34. The molecule has 0 spiro atoms. The lowest BCUT2D eigenvalue weighted by Crippen LogP contribution is -2.44. The Bertz CT molecular complexity index is 397. The number of nitrogens with zero attached hydrogens (tertiary/aromatic N) is 5. The van der Waals surface area contributed by atoms with Gasteiger partial charge in [0.1, 0.15) is 11.6 Å². The standard InChI is InChI=1S/C12H21N5O/c1-15-3-5-16(6-4-15)10-12-14-13-11-2-8-18-9-7-17(11)12/h2-10H2,1H3. The van der Waals surface area contributed by atoms with Gasteiger partial charge >= 0.3 is 0 Å². The van der Waals surface area contributed by atoms with E-state index in [1.807, 2.05) is 0 Å². The number of fused-ring (bicyclic) bond motifs is 1. The predicted molar refractivity (Wildman–Crippen MR) is 67.3 cm³/mol. The van der Waals surface area contributed by atoms with Gasteiger partial charge in [0.25, 0.3) is 0 Å². The van der Waals surface area contributed by atoms with Crippen molar-refractivity contribution in [2.75, 3.05) is 46.4 Å². The summed E-state index contributed by atoms with van der Waals surface area (Å²) in [6.45, 7) is 7.89. The van der Waals surface area contributed by atoms with Crippen LogP contribution in [0.4, 0.5) is 0 Å². The molecule has 0 saturated carbocycles. The molecule has 0 amide bonds. The van der Waals surface area contributed by atoms with Crippen molar-refractivity contribution in [2.45, 2.75) is 19.5 Å². The minimum absolute atomic E-state index is 0.770. The van der Waals surface area contributed by atoms with E-state index in [4.69, 9.17) is 4.74 Å². The summed E-state index contributed by atoms with van der Waals surface area (Å²) in [6, 6.07) is 0. The molecule has 0 radical (unpaired) electrons. The SMILES string of the molecule is CN1CCN(Cc2nnc3n2CCOCC3)CC1. The summed E-state index contributed by atoms with van der Waals surface area (Å²) < 4.78 is 7.73. The lowest BCUT2D eigenvalue weighted by Gasteiger charge is -2.31. The smallest absolute Gasteiger partial charge is 0.147 e. The number of likely N-dealkylation sites (N-methyl/N-ethyl adjacent to an activating group) is 1. The molecule has 0 N–H and O–H groups in total. The van der Waals surface area contributed by atoms with Gasteiger partial charge in [-0.3, -0.25) is 4.90 Å². The van der Waals surface area contributed by atoms with Crippen LogP contribution in [-0.2, 0) is 24.2 Å². The molecule has 2 aliphatic rings. The zero-order valence-electron chi connectivity index (χ0n) is 11.0. The summed E-state index contributed by atoms with van der Waals surface area (Å²) >= 11 is 0. The van der Waals surface area contributed by atoms with Crippen LogP contribution in [0.3, 0.4) is 0 Å². The first-order valence-corrected chi connectivity index (χ1v) is 6.72. The van der Waals surface area contributed by atoms with Crippen LogP contribution >= 0.6 is 0 Å². The summed E-state index contributed by atoms with van der Waals surface area (Å²) in [6.07, 6.45) is 0.885. The second-order valence-corrected chi connectivity index (χ2v) is 5.13. The Balaban J connectivity index is 1.67. The van der Waals surface area contributed by atoms with Crippen LogP contribution < -0.4 is 0 Å². The molecule has 3 rings (SSSR count). The molecule has 2 aliphatic heterocycles. The maximum Gasteiger partial charge on any atom is 0.147 e. The van der Waals surface area contributed by atoms with E-state index in [0.717, 1.165) is 70.6 Å². The topological polar surface area (TPSA) is 46.4 Å². The predicted octanol–water partition coefficient (Wildman–Crippen LogP) is -0.402. The van der Waals surface area contributed by atoms with E-state index >= 15 is 0 Å². The van der Waals surface area contributed by atoms with Crippen molar-refractivity contribution < 1.29 is 4.74 Å². The van der Waals surface area contributed by atoms with E-state index in [2.05, 4.69) is 31.6 Å². The number of aromatic nitrogens is 3. The molecule has 100 valence electrons. The van der Waals surface area contributed by atoms with Crippen LogP contribution in [0, 0.1) is 0 Å². The molecular weight excluding hydrogens is 230 g/mol. The fourth-order valence-electron chi connectivity index (χ4n) is 2.56. The highest BCUT2D eigenvalue weighted by Gasteiger charge is 2.19. The van der Waals surface area contributed by atoms with Gasteiger partial charge in [0, 0.05) is 39.1 Å². The Morgan fingerprint density at radius 1 is 1.06 bits per heavy atom. The Morgan fingerprint density at radius 3 is 2.72 bits per heavy atom. The summed E-state index contributed by atoms with van der Waals surface area (Å²) in [7, 11) is 2.18. The van der Waals surface area contributed by atoms with Gasteiger partial charge in [-0.15, -0.1) is 10.2 Å². The molecule has 0 atom stereocenters. The summed E-state index contributed by atoms with van der Waals surface area (Å²) in [4.78, 5) is 4.83. The van der Waals surface area contributed by atoms with Crippen molar-refractivity contribution in [3.63, 3.8) is 0 Å². The van der Waals surface area contributed by atoms with Crippen LogP contribution in [0.5, 0.6) is 0 Å². The van der Waals surface area contributed by atoms with Gasteiger partial charge in [0.2, 0.25) is 0 Å². The number of rotatable bonds is 2. The molecule has 0 bridgehead atoms. The average molecular weight is 251 g/mol. The third-order valence-electron chi connectivity index (χ3n) is 3.79. The zero-order chi connectivity index (χ0) is 12.4. The van der Waals surface area contributed by atoms with Crippen LogP contribution in [0.25, 0.3) is 0 Å². The van der Waals surface area contributed by atoms with Crippen LogP contribution in [-0.4, -0.2) is 71.0 Å². The molecule has 1 aromatic rings. The van der Waals surface area contributed by atoms with E-state index in [1.165, 1.54) is 0 Å². The van der Waals surface area contributed by atoms with Crippen LogP contribution in [0.1, 0.15) is 11.6 Å². The molecule has 1 aromatic heterocycles. The molecule has 0 aliphatic carbocycles. The zero-order valence-corrected chi connectivity index (χ0v) is 11.0. The molecule has 0 unspecified atom stereocenters. The number of hydrogen-bond donors (Lipinski definition) is 0. The van der Waals surface area contributed by atoms with E-state index in [0.29, 0.717) is 0 Å². The maximum absolute atomic E-state index is 5.49. The minimum Gasteiger partial charge on any atom is -0.379 e. The highest BCUT2D eigenvalue weighted by Crippen LogP contribution is 2.11. The Hall–Kier alpha value is -0.980. The quantitative estimate of drug-likeness (QED) is 0.715. The summed E-state index contributed by atoms with van der Waals surface area (Å²) in [5, 5.41) is 8.65. The molecule has 1 fully saturated rings. The first-order chi connectivity index (χ1) is 8.83. The fourth-order valence-corrected chi connectivity index (χ4v) is 2.56. The van der Waals surface area contributed by atoms with Gasteiger partial charge < -0.3 is 14.2 Å². The minimum atomic E-state index is 0.770. The van der Waals surface area contributed by atoms with E-state index < -0.39 is 0 Å². The normalized spacial score (nSPS) is 22.7. The first-order valence-electron chi connectivity index (χ1n) is 6.72.